The summed E-state index contributed by atoms with van der Waals surface area (Å²) in [6.07, 6.45) is 1.98. The van der Waals surface area contributed by atoms with Crippen LogP contribution in [0.4, 0.5) is 0 Å². The van der Waals surface area contributed by atoms with Gasteiger partial charge in [-0.15, -0.1) is 0 Å². The van der Waals surface area contributed by atoms with E-state index in [2.05, 4.69) is 0 Å². The van der Waals surface area contributed by atoms with Crippen molar-refractivity contribution in [3.63, 3.8) is 0 Å². The van der Waals surface area contributed by atoms with E-state index in [0.29, 0.717) is 6.42 Å². The Morgan fingerprint density at radius 2 is 2.07 bits per heavy atom. The van der Waals surface area contributed by atoms with Gasteiger partial charge in [0.1, 0.15) is 5.75 Å². The zero-order chi connectivity index (χ0) is 11.3. The smallest absolute Gasteiger partial charge is 0.246 e. The third-order valence-electron chi connectivity index (χ3n) is 2.05. The predicted octanol–water partition coefficient (Wildman–Crippen LogP) is 2.72. The second-order valence-electron chi connectivity index (χ2n) is 3.02. The molecule has 0 atom stereocenters. The molecule has 0 fully saturated rings. The molecule has 0 aliphatic rings. The lowest BCUT2D eigenvalue weighted by molar-refractivity contribution is -0.425. The van der Waals surface area contributed by atoms with E-state index >= 15 is 0 Å². The normalized spacial score (nSPS) is 11.2. The number of ether oxygens (including phenoxy) is 1. The molecule has 0 aliphatic carbocycles. The van der Waals surface area contributed by atoms with E-state index in [4.69, 9.17) is 4.74 Å². The van der Waals surface area contributed by atoms with Gasteiger partial charge in [-0.25, -0.2) is 0 Å². The third kappa shape index (κ3) is 3.09. The first-order valence-corrected chi connectivity index (χ1v) is 4.66. The molecular weight excluding hydrogens is 194 g/mol. The molecule has 15 heavy (non-hydrogen) atoms. The number of hydrogen-bond acceptors (Lipinski definition) is 3. The van der Waals surface area contributed by atoms with Crippen molar-refractivity contribution in [2.45, 2.75) is 13.3 Å². The van der Waals surface area contributed by atoms with Crippen LogP contribution >= 0.6 is 0 Å². The Labute approximate surface area is 88.3 Å². The molecule has 0 heterocycles. The molecule has 0 saturated heterocycles. The number of rotatable bonds is 4. The Morgan fingerprint density at radius 3 is 2.47 bits per heavy atom. The minimum absolute atomic E-state index is 0.208. The van der Waals surface area contributed by atoms with Crippen molar-refractivity contribution in [1.82, 2.24) is 0 Å². The van der Waals surface area contributed by atoms with Gasteiger partial charge in [0.25, 0.3) is 0 Å². The van der Waals surface area contributed by atoms with Crippen molar-refractivity contribution >= 4 is 6.08 Å². The van der Waals surface area contributed by atoms with Crippen LogP contribution in [-0.4, -0.2) is 12.0 Å². The zero-order valence-corrected chi connectivity index (χ0v) is 8.77. The van der Waals surface area contributed by atoms with Crippen molar-refractivity contribution < 1.29 is 9.66 Å². The molecule has 0 spiro atoms. The minimum Gasteiger partial charge on any atom is -0.497 e. The maximum atomic E-state index is 10.6. The fourth-order valence-electron chi connectivity index (χ4n) is 1.18. The molecule has 0 bridgehead atoms. The number of nitrogens with zero attached hydrogens (tertiary/aromatic N) is 1. The first-order valence-electron chi connectivity index (χ1n) is 4.66. The van der Waals surface area contributed by atoms with E-state index in [1.165, 1.54) is 0 Å². The van der Waals surface area contributed by atoms with Gasteiger partial charge in [0.2, 0.25) is 5.70 Å². The first kappa shape index (κ1) is 11.2. The van der Waals surface area contributed by atoms with Gasteiger partial charge >= 0.3 is 0 Å². The molecule has 0 saturated carbocycles. The maximum Gasteiger partial charge on any atom is 0.246 e. The van der Waals surface area contributed by atoms with Gasteiger partial charge < -0.3 is 4.74 Å². The average Bonchev–Trinajstić information content (AvgIpc) is 2.26. The number of nitro groups is 1. The molecule has 1 rings (SSSR count). The van der Waals surface area contributed by atoms with Gasteiger partial charge in [0.15, 0.2) is 0 Å². The standard InChI is InChI=1S/C11H13NO3/c1-3-10(12(13)14)8-9-4-6-11(15-2)7-5-9/h4-8H,3H2,1-2H3/b10-8+. The van der Waals surface area contributed by atoms with Gasteiger partial charge in [0, 0.05) is 12.5 Å². The van der Waals surface area contributed by atoms with Crippen LogP contribution in [0.15, 0.2) is 30.0 Å². The molecule has 0 aromatic heterocycles. The third-order valence-corrected chi connectivity index (χ3v) is 2.05. The fraction of sp³-hybridized carbons (Fsp3) is 0.273. The van der Waals surface area contributed by atoms with Crippen molar-refractivity contribution in [3.05, 3.63) is 45.6 Å². The fourth-order valence-corrected chi connectivity index (χ4v) is 1.18. The molecule has 0 radical (unpaired) electrons. The second kappa shape index (κ2) is 5.14. The molecule has 4 heteroatoms. The molecule has 0 amide bonds. The summed E-state index contributed by atoms with van der Waals surface area (Å²) in [5.41, 5.74) is 1.02. The molecule has 1 aromatic carbocycles. The van der Waals surface area contributed by atoms with Crippen LogP contribution in [0.2, 0.25) is 0 Å². The molecule has 1 aromatic rings. The van der Waals surface area contributed by atoms with Crippen LogP contribution < -0.4 is 4.74 Å². The molecule has 80 valence electrons. The van der Waals surface area contributed by atoms with E-state index in [1.807, 2.05) is 0 Å². The SMILES string of the molecule is CC/C(=C\c1ccc(OC)cc1)[N+](=O)[O-]. The summed E-state index contributed by atoms with van der Waals surface area (Å²) < 4.78 is 4.99. The van der Waals surface area contributed by atoms with Gasteiger partial charge in [-0.1, -0.05) is 19.1 Å². The summed E-state index contributed by atoms with van der Waals surface area (Å²) >= 11 is 0. The molecule has 0 aliphatic heterocycles. The van der Waals surface area contributed by atoms with E-state index < -0.39 is 0 Å². The Bertz CT molecular complexity index is 368. The van der Waals surface area contributed by atoms with Crippen LogP contribution in [0.5, 0.6) is 5.75 Å². The second-order valence-corrected chi connectivity index (χ2v) is 3.02. The Kier molecular flexibility index (Phi) is 3.85. The summed E-state index contributed by atoms with van der Waals surface area (Å²) in [6.45, 7) is 1.76. The van der Waals surface area contributed by atoms with Gasteiger partial charge in [0.05, 0.1) is 12.0 Å². The molecular formula is C11H13NO3. The average molecular weight is 207 g/mol. The van der Waals surface area contributed by atoms with Crippen LogP contribution in [0.1, 0.15) is 18.9 Å². The highest BCUT2D eigenvalue weighted by atomic mass is 16.6. The van der Waals surface area contributed by atoms with E-state index in [0.717, 1.165) is 11.3 Å². The monoisotopic (exact) mass is 207 g/mol. The lowest BCUT2D eigenvalue weighted by atomic mass is 10.1. The topological polar surface area (TPSA) is 52.4 Å². The summed E-state index contributed by atoms with van der Waals surface area (Å²) in [4.78, 5) is 10.2. The van der Waals surface area contributed by atoms with Crippen LogP contribution in [-0.2, 0) is 0 Å². The molecule has 0 N–H and O–H groups in total. The molecule has 0 unspecified atom stereocenters. The highest BCUT2D eigenvalue weighted by molar-refractivity contribution is 5.52. The molecule has 4 nitrogen and oxygen atoms in total. The van der Waals surface area contributed by atoms with Crippen molar-refractivity contribution in [2.75, 3.05) is 7.11 Å². The summed E-state index contributed by atoms with van der Waals surface area (Å²) in [7, 11) is 1.58. The van der Waals surface area contributed by atoms with Crippen molar-refractivity contribution in [2.24, 2.45) is 0 Å². The summed E-state index contributed by atoms with van der Waals surface area (Å²) in [5.74, 6) is 0.742. The van der Waals surface area contributed by atoms with Gasteiger partial charge in [-0.05, 0) is 17.7 Å². The van der Waals surface area contributed by atoms with Gasteiger partial charge in [-0.2, -0.15) is 0 Å². The van der Waals surface area contributed by atoms with Gasteiger partial charge in [-0.3, -0.25) is 10.1 Å². The predicted molar refractivity (Wildman–Crippen MR) is 58.3 cm³/mol. The van der Waals surface area contributed by atoms with E-state index in [1.54, 1.807) is 44.4 Å². The van der Waals surface area contributed by atoms with Crippen LogP contribution in [0.3, 0.4) is 0 Å². The lowest BCUT2D eigenvalue weighted by Crippen LogP contribution is -1.96. The number of methoxy groups -OCH3 is 1. The number of hydrogen-bond donors (Lipinski definition) is 0. The summed E-state index contributed by atoms with van der Waals surface area (Å²) in [5, 5.41) is 10.6. The Hall–Kier alpha value is -1.84. The summed E-state index contributed by atoms with van der Waals surface area (Å²) in [6, 6.07) is 7.13. The van der Waals surface area contributed by atoms with Crippen molar-refractivity contribution in [3.8, 4) is 5.75 Å². The highest BCUT2D eigenvalue weighted by Crippen LogP contribution is 2.15. The minimum atomic E-state index is -0.357. The van der Waals surface area contributed by atoms with E-state index in [9.17, 15) is 10.1 Å². The quantitative estimate of drug-likeness (QED) is 0.563. The maximum absolute atomic E-state index is 10.6. The lowest BCUT2D eigenvalue weighted by Gasteiger charge is -1.99. The van der Waals surface area contributed by atoms with Crippen molar-refractivity contribution in [1.29, 1.82) is 0 Å². The van der Waals surface area contributed by atoms with Crippen LogP contribution in [0.25, 0.3) is 6.08 Å². The number of allylic oxidation sites excluding steroid dienone is 1. The van der Waals surface area contributed by atoms with E-state index in [-0.39, 0.29) is 10.6 Å². The Morgan fingerprint density at radius 1 is 1.47 bits per heavy atom. The number of benzene rings is 1. The largest absolute Gasteiger partial charge is 0.497 e. The highest BCUT2D eigenvalue weighted by Gasteiger charge is 2.06. The Balaban J connectivity index is 2.92. The van der Waals surface area contributed by atoms with Crippen LogP contribution in [0, 0.1) is 10.1 Å². The zero-order valence-electron chi connectivity index (χ0n) is 8.77. The first-order chi connectivity index (χ1) is 7.17.